The molecule has 0 unspecified atom stereocenters. The predicted octanol–water partition coefficient (Wildman–Crippen LogP) is 2.38. The van der Waals surface area contributed by atoms with E-state index in [0.717, 1.165) is 24.9 Å². The highest BCUT2D eigenvalue weighted by Gasteiger charge is 2.07. The van der Waals surface area contributed by atoms with Crippen molar-refractivity contribution < 1.29 is 8.91 Å². The van der Waals surface area contributed by atoms with E-state index in [1.165, 1.54) is 6.07 Å². The minimum absolute atomic E-state index is 0.363. The molecule has 4 nitrogen and oxygen atoms in total. The molecule has 0 atom stereocenters. The molecule has 2 aromatic heterocycles. The summed E-state index contributed by atoms with van der Waals surface area (Å²) in [5, 5.41) is 7.14. The van der Waals surface area contributed by atoms with Crippen LogP contribution >= 0.6 is 0 Å². The van der Waals surface area contributed by atoms with Crippen molar-refractivity contribution in [1.82, 2.24) is 15.5 Å². The predicted molar refractivity (Wildman–Crippen MR) is 61.7 cm³/mol. The third kappa shape index (κ3) is 3.10. The standard InChI is InChI=1S/C12H14FN3O/c1-2-5-14-8-10-6-12(17-16-10)11-4-3-9(13)7-15-11/h3-4,6-7,14H,2,5,8H2,1H3. The fourth-order valence-electron chi connectivity index (χ4n) is 1.43. The number of nitrogens with zero attached hydrogens (tertiary/aromatic N) is 2. The van der Waals surface area contributed by atoms with Crippen LogP contribution in [0.25, 0.3) is 11.5 Å². The average molecular weight is 235 g/mol. The van der Waals surface area contributed by atoms with E-state index in [1.807, 2.05) is 6.07 Å². The molecule has 0 aromatic carbocycles. The van der Waals surface area contributed by atoms with E-state index in [2.05, 4.69) is 22.4 Å². The van der Waals surface area contributed by atoms with Crippen molar-refractivity contribution in [3.05, 3.63) is 35.9 Å². The van der Waals surface area contributed by atoms with Gasteiger partial charge in [-0.1, -0.05) is 12.1 Å². The highest BCUT2D eigenvalue weighted by atomic mass is 19.1. The number of aromatic nitrogens is 2. The third-order valence-corrected chi connectivity index (χ3v) is 2.27. The first-order valence-corrected chi connectivity index (χ1v) is 5.58. The zero-order valence-electron chi connectivity index (χ0n) is 9.61. The van der Waals surface area contributed by atoms with Gasteiger partial charge in [-0.15, -0.1) is 0 Å². The van der Waals surface area contributed by atoms with Gasteiger partial charge in [-0.2, -0.15) is 0 Å². The van der Waals surface area contributed by atoms with Crippen LogP contribution in [0.5, 0.6) is 0 Å². The van der Waals surface area contributed by atoms with Gasteiger partial charge in [0.1, 0.15) is 11.5 Å². The lowest BCUT2D eigenvalue weighted by Crippen LogP contribution is -2.13. The topological polar surface area (TPSA) is 51.0 Å². The summed E-state index contributed by atoms with van der Waals surface area (Å²) in [6.45, 7) is 3.71. The van der Waals surface area contributed by atoms with Crippen molar-refractivity contribution in [1.29, 1.82) is 0 Å². The molecule has 0 bridgehead atoms. The van der Waals surface area contributed by atoms with Crippen LogP contribution in [0.4, 0.5) is 4.39 Å². The van der Waals surface area contributed by atoms with Crippen molar-refractivity contribution in [2.24, 2.45) is 0 Å². The molecule has 5 heteroatoms. The van der Waals surface area contributed by atoms with Gasteiger partial charge in [-0.25, -0.2) is 9.37 Å². The summed E-state index contributed by atoms with van der Waals surface area (Å²) in [5.74, 6) is 0.191. The van der Waals surface area contributed by atoms with E-state index in [4.69, 9.17) is 4.52 Å². The highest BCUT2D eigenvalue weighted by Crippen LogP contribution is 2.17. The summed E-state index contributed by atoms with van der Waals surface area (Å²) in [6.07, 6.45) is 2.23. The van der Waals surface area contributed by atoms with Gasteiger partial charge in [-0.3, -0.25) is 0 Å². The largest absolute Gasteiger partial charge is 0.354 e. The van der Waals surface area contributed by atoms with Gasteiger partial charge in [0.05, 0.1) is 11.9 Å². The molecule has 0 saturated carbocycles. The van der Waals surface area contributed by atoms with Gasteiger partial charge < -0.3 is 9.84 Å². The first-order chi connectivity index (χ1) is 8.29. The lowest BCUT2D eigenvalue weighted by Gasteiger charge is -1.96. The summed E-state index contributed by atoms with van der Waals surface area (Å²) >= 11 is 0. The molecule has 0 radical (unpaired) electrons. The maximum absolute atomic E-state index is 12.7. The second-order valence-electron chi connectivity index (χ2n) is 3.72. The SMILES string of the molecule is CCCNCc1cc(-c2ccc(F)cn2)on1. The number of hydrogen-bond donors (Lipinski definition) is 1. The number of hydrogen-bond acceptors (Lipinski definition) is 4. The lowest BCUT2D eigenvalue weighted by atomic mass is 10.2. The molecule has 0 amide bonds. The van der Waals surface area contributed by atoms with E-state index in [9.17, 15) is 4.39 Å². The van der Waals surface area contributed by atoms with Crippen LogP contribution in [-0.2, 0) is 6.54 Å². The summed E-state index contributed by atoms with van der Waals surface area (Å²) in [7, 11) is 0. The molecule has 2 heterocycles. The van der Waals surface area contributed by atoms with Crippen LogP contribution in [0.1, 0.15) is 19.0 Å². The molecule has 0 saturated heterocycles. The Morgan fingerprint density at radius 1 is 1.41 bits per heavy atom. The van der Waals surface area contributed by atoms with Crippen LogP contribution in [0.3, 0.4) is 0 Å². The van der Waals surface area contributed by atoms with Crippen LogP contribution in [-0.4, -0.2) is 16.7 Å². The Morgan fingerprint density at radius 3 is 3.00 bits per heavy atom. The number of halogens is 1. The summed E-state index contributed by atoms with van der Waals surface area (Å²) in [6, 6.07) is 4.72. The Balaban J connectivity index is 2.04. The zero-order valence-corrected chi connectivity index (χ0v) is 9.61. The lowest BCUT2D eigenvalue weighted by molar-refractivity contribution is 0.419. The Hall–Kier alpha value is -1.75. The second kappa shape index (κ2) is 5.54. The van der Waals surface area contributed by atoms with Crippen molar-refractivity contribution in [3.8, 4) is 11.5 Å². The summed E-state index contributed by atoms with van der Waals surface area (Å²) < 4.78 is 17.8. The van der Waals surface area contributed by atoms with E-state index in [0.29, 0.717) is 18.0 Å². The van der Waals surface area contributed by atoms with Gasteiger partial charge >= 0.3 is 0 Å². The molecule has 2 rings (SSSR count). The molecule has 17 heavy (non-hydrogen) atoms. The normalized spacial score (nSPS) is 10.7. The molecule has 0 aliphatic heterocycles. The van der Waals surface area contributed by atoms with E-state index >= 15 is 0 Å². The molecule has 0 spiro atoms. The molecule has 0 aliphatic rings. The van der Waals surface area contributed by atoms with Crippen LogP contribution in [0, 0.1) is 5.82 Å². The fraction of sp³-hybridized carbons (Fsp3) is 0.333. The second-order valence-corrected chi connectivity index (χ2v) is 3.72. The Kier molecular flexibility index (Phi) is 3.82. The minimum atomic E-state index is -0.363. The van der Waals surface area contributed by atoms with Crippen LogP contribution in [0.15, 0.2) is 28.9 Å². The zero-order chi connectivity index (χ0) is 12.1. The monoisotopic (exact) mass is 235 g/mol. The fourth-order valence-corrected chi connectivity index (χ4v) is 1.43. The van der Waals surface area contributed by atoms with Crippen LogP contribution in [0.2, 0.25) is 0 Å². The van der Waals surface area contributed by atoms with Crippen molar-refractivity contribution in [2.45, 2.75) is 19.9 Å². The van der Waals surface area contributed by atoms with Gasteiger partial charge in [0.2, 0.25) is 0 Å². The summed E-state index contributed by atoms with van der Waals surface area (Å²) in [5.41, 5.74) is 1.40. The number of pyridine rings is 1. The molecule has 90 valence electrons. The quantitative estimate of drug-likeness (QED) is 0.808. The Morgan fingerprint density at radius 2 is 2.29 bits per heavy atom. The molecule has 0 aliphatic carbocycles. The maximum atomic E-state index is 12.7. The Bertz CT molecular complexity index is 467. The van der Waals surface area contributed by atoms with E-state index in [-0.39, 0.29) is 5.82 Å². The summed E-state index contributed by atoms with van der Waals surface area (Å²) in [4.78, 5) is 3.93. The smallest absolute Gasteiger partial charge is 0.185 e. The van der Waals surface area contributed by atoms with Crippen LogP contribution < -0.4 is 5.32 Å². The molecule has 0 fully saturated rings. The molecule has 2 aromatic rings. The van der Waals surface area contributed by atoms with Gasteiger partial charge in [0.15, 0.2) is 5.76 Å². The van der Waals surface area contributed by atoms with Crippen molar-refractivity contribution in [3.63, 3.8) is 0 Å². The minimum Gasteiger partial charge on any atom is -0.354 e. The number of rotatable bonds is 5. The Labute approximate surface area is 98.8 Å². The van der Waals surface area contributed by atoms with Gasteiger partial charge in [0, 0.05) is 12.6 Å². The van der Waals surface area contributed by atoms with Crippen molar-refractivity contribution in [2.75, 3.05) is 6.54 Å². The maximum Gasteiger partial charge on any atom is 0.185 e. The third-order valence-electron chi connectivity index (χ3n) is 2.27. The number of nitrogens with one attached hydrogen (secondary N) is 1. The first-order valence-electron chi connectivity index (χ1n) is 5.58. The molecule has 1 N–H and O–H groups in total. The molecular weight excluding hydrogens is 221 g/mol. The molecular formula is C12H14FN3O. The van der Waals surface area contributed by atoms with E-state index < -0.39 is 0 Å². The van der Waals surface area contributed by atoms with Crippen molar-refractivity contribution >= 4 is 0 Å². The van der Waals surface area contributed by atoms with E-state index in [1.54, 1.807) is 6.07 Å². The first kappa shape index (κ1) is 11.7. The van der Waals surface area contributed by atoms with Gasteiger partial charge in [0.25, 0.3) is 0 Å². The van der Waals surface area contributed by atoms with Gasteiger partial charge in [-0.05, 0) is 25.1 Å². The average Bonchev–Trinajstić information content (AvgIpc) is 2.79. The highest BCUT2D eigenvalue weighted by molar-refractivity contribution is 5.51.